The summed E-state index contributed by atoms with van der Waals surface area (Å²) < 4.78 is 7.53. The number of hydrogen-bond donors (Lipinski definition) is 1. The van der Waals surface area contributed by atoms with Crippen LogP contribution >= 0.6 is 46.3 Å². The Hall–Kier alpha value is -1.34. The molecule has 5 nitrogen and oxygen atoms in total. The molecule has 0 saturated carbocycles. The van der Waals surface area contributed by atoms with Crippen molar-refractivity contribution in [3.63, 3.8) is 0 Å². The molecule has 9 heteroatoms. The molecule has 0 aliphatic heterocycles. The molecule has 3 aromatic rings. The first-order chi connectivity index (χ1) is 10.4. The van der Waals surface area contributed by atoms with E-state index in [2.05, 4.69) is 14.3 Å². The van der Waals surface area contributed by atoms with Gasteiger partial charge in [-0.2, -0.15) is 4.37 Å². The van der Waals surface area contributed by atoms with Gasteiger partial charge in [0.05, 0.1) is 12.7 Å². The molecule has 1 N–H and O–H groups in total. The molecule has 0 spiro atoms. The predicted octanol–water partition coefficient (Wildman–Crippen LogP) is 3.88. The van der Waals surface area contributed by atoms with Crippen LogP contribution < -0.4 is 10.3 Å². The zero-order valence-electron chi connectivity index (χ0n) is 11.1. The van der Waals surface area contributed by atoms with Gasteiger partial charge in [0, 0.05) is 0 Å². The van der Waals surface area contributed by atoms with E-state index in [9.17, 15) is 4.79 Å². The third-order valence-electron chi connectivity index (χ3n) is 2.98. The van der Waals surface area contributed by atoms with Gasteiger partial charge in [0.2, 0.25) is 3.79 Å². The maximum absolute atomic E-state index is 12.4. The van der Waals surface area contributed by atoms with E-state index in [-0.39, 0.29) is 11.1 Å². The molecule has 3 rings (SSSR count). The van der Waals surface area contributed by atoms with Crippen molar-refractivity contribution in [2.45, 2.75) is 3.79 Å². The van der Waals surface area contributed by atoms with Crippen LogP contribution in [0.25, 0.3) is 21.6 Å². The summed E-state index contributed by atoms with van der Waals surface area (Å²) in [6.07, 6.45) is 0. The number of rotatable bonds is 2. The first-order valence-corrected chi connectivity index (χ1v) is 7.93. The van der Waals surface area contributed by atoms with Crippen LogP contribution in [0, 0.1) is 0 Å². The predicted molar refractivity (Wildman–Crippen MR) is 89.3 cm³/mol. The van der Waals surface area contributed by atoms with Gasteiger partial charge in [0.1, 0.15) is 22.7 Å². The standard InChI is InChI=1S/C13H8Cl3N3O2S/c1-21-7-5-3-2-4-6(7)10-17-11(20)8-9(13(14,15)16)19-22-12(8)18-10/h2-5H,1H3,(H,17,18,20). The van der Waals surface area contributed by atoms with Crippen LogP contribution in [-0.4, -0.2) is 21.5 Å². The van der Waals surface area contributed by atoms with Crippen molar-refractivity contribution in [2.75, 3.05) is 7.11 Å². The minimum absolute atomic E-state index is 0.0813. The molecule has 2 aromatic heterocycles. The highest BCUT2D eigenvalue weighted by molar-refractivity contribution is 7.13. The molecule has 114 valence electrons. The van der Waals surface area contributed by atoms with E-state index in [0.717, 1.165) is 11.5 Å². The maximum Gasteiger partial charge on any atom is 0.262 e. The average molecular weight is 377 g/mol. The Labute approximate surface area is 144 Å². The number of hydrogen-bond acceptors (Lipinski definition) is 5. The summed E-state index contributed by atoms with van der Waals surface area (Å²) >= 11 is 18.5. The Morgan fingerprint density at radius 2 is 2.00 bits per heavy atom. The average Bonchev–Trinajstić information content (AvgIpc) is 2.91. The van der Waals surface area contributed by atoms with Gasteiger partial charge in [0.15, 0.2) is 4.83 Å². The van der Waals surface area contributed by atoms with Gasteiger partial charge in [-0.25, -0.2) is 4.98 Å². The van der Waals surface area contributed by atoms with Gasteiger partial charge in [-0.1, -0.05) is 46.9 Å². The highest BCUT2D eigenvalue weighted by atomic mass is 35.6. The van der Waals surface area contributed by atoms with Crippen LogP contribution in [0.3, 0.4) is 0 Å². The van der Waals surface area contributed by atoms with Crippen LogP contribution in [0.1, 0.15) is 5.69 Å². The van der Waals surface area contributed by atoms with E-state index in [1.807, 2.05) is 12.1 Å². The van der Waals surface area contributed by atoms with Crippen LogP contribution in [0.4, 0.5) is 0 Å². The number of nitrogens with zero attached hydrogens (tertiary/aromatic N) is 2. The monoisotopic (exact) mass is 375 g/mol. The van der Waals surface area contributed by atoms with Gasteiger partial charge in [0.25, 0.3) is 5.56 Å². The fourth-order valence-corrected chi connectivity index (χ4v) is 3.40. The van der Waals surface area contributed by atoms with Crippen molar-refractivity contribution < 1.29 is 4.74 Å². The quantitative estimate of drug-likeness (QED) is 0.689. The number of nitrogens with one attached hydrogen (secondary N) is 1. The highest BCUT2D eigenvalue weighted by Gasteiger charge is 2.31. The van der Waals surface area contributed by atoms with Crippen LogP contribution in [0.5, 0.6) is 5.75 Å². The molecule has 0 fully saturated rings. The number of aromatic nitrogens is 3. The number of benzene rings is 1. The van der Waals surface area contributed by atoms with Crippen LogP contribution in [-0.2, 0) is 3.79 Å². The topological polar surface area (TPSA) is 67.9 Å². The summed E-state index contributed by atoms with van der Waals surface area (Å²) in [5.74, 6) is 0.964. The Morgan fingerprint density at radius 1 is 1.27 bits per heavy atom. The number of H-pyrrole nitrogens is 1. The molecule has 0 unspecified atom stereocenters. The molecule has 1 aromatic carbocycles. The van der Waals surface area contributed by atoms with E-state index >= 15 is 0 Å². The number of para-hydroxylation sites is 1. The van der Waals surface area contributed by atoms with Gasteiger partial charge in [-0.3, -0.25) is 4.79 Å². The Morgan fingerprint density at radius 3 is 2.68 bits per heavy atom. The van der Waals surface area contributed by atoms with E-state index in [4.69, 9.17) is 39.5 Å². The number of methoxy groups -OCH3 is 1. The lowest BCUT2D eigenvalue weighted by molar-refractivity contribution is 0.416. The van der Waals surface area contributed by atoms with E-state index in [1.54, 1.807) is 19.2 Å². The largest absolute Gasteiger partial charge is 0.496 e. The first kappa shape index (κ1) is 15.6. The van der Waals surface area contributed by atoms with Gasteiger partial charge in [-0.05, 0) is 23.7 Å². The van der Waals surface area contributed by atoms with Crippen molar-refractivity contribution in [3.8, 4) is 17.1 Å². The summed E-state index contributed by atoms with van der Waals surface area (Å²) in [5, 5.41) is 0.184. The molecule has 0 radical (unpaired) electrons. The van der Waals surface area contributed by atoms with Crippen LogP contribution in [0.15, 0.2) is 29.1 Å². The van der Waals surface area contributed by atoms with Gasteiger partial charge in [-0.15, -0.1) is 0 Å². The zero-order chi connectivity index (χ0) is 15.9. The highest BCUT2D eigenvalue weighted by Crippen LogP contribution is 2.41. The summed E-state index contributed by atoms with van der Waals surface area (Å²) in [4.78, 5) is 19.8. The lowest BCUT2D eigenvalue weighted by Gasteiger charge is -2.08. The smallest absolute Gasteiger partial charge is 0.262 e. The first-order valence-electron chi connectivity index (χ1n) is 6.02. The fraction of sp³-hybridized carbons (Fsp3) is 0.154. The Kier molecular flexibility index (Phi) is 4.03. The second-order valence-electron chi connectivity index (χ2n) is 4.32. The minimum Gasteiger partial charge on any atom is -0.496 e. The maximum atomic E-state index is 12.4. The second-order valence-corrected chi connectivity index (χ2v) is 7.36. The molecule has 2 heterocycles. The summed E-state index contributed by atoms with van der Waals surface area (Å²) in [5.41, 5.74) is 0.326. The summed E-state index contributed by atoms with van der Waals surface area (Å²) in [6.45, 7) is 0. The zero-order valence-corrected chi connectivity index (χ0v) is 14.1. The van der Waals surface area contributed by atoms with E-state index in [1.165, 1.54) is 0 Å². The van der Waals surface area contributed by atoms with Gasteiger partial charge >= 0.3 is 0 Å². The van der Waals surface area contributed by atoms with Crippen molar-refractivity contribution in [3.05, 3.63) is 40.3 Å². The number of fused-ring (bicyclic) bond motifs is 1. The van der Waals surface area contributed by atoms with Gasteiger partial charge < -0.3 is 9.72 Å². The second kappa shape index (κ2) is 5.70. The molecule has 0 atom stereocenters. The number of alkyl halides is 3. The third-order valence-corrected chi connectivity index (χ3v) is 4.26. The van der Waals surface area contributed by atoms with Crippen molar-refractivity contribution in [1.82, 2.24) is 14.3 Å². The lowest BCUT2D eigenvalue weighted by atomic mass is 10.2. The molecule has 0 bridgehead atoms. The Bertz CT molecular complexity index is 901. The summed E-state index contributed by atoms with van der Waals surface area (Å²) in [7, 11) is 1.54. The number of aromatic amines is 1. The molecule has 0 saturated heterocycles. The third kappa shape index (κ3) is 2.67. The van der Waals surface area contributed by atoms with Crippen molar-refractivity contribution >= 4 is 56.6 Å². The normalized spacial score (nSPS) is 11.8. The van der Waals surface area contributed by atoms with E-state index < -0.39 is 9.35 Å². The molecule has 0 aliphatic rings. The lowest BCUT2D eigenvalue weighted by Crippen LogP contribution is -2.13. The number of ether oxygens (including phenoxy) is 1. The molecule has 0 aliphatic carbocycles. The number of halogens is 3. The molecular weight excluding hydrogens is 369 g/mol. The molecule has 22 heavy (non-hydrogen) atoms. The van der Waals surface area contributed by atoms with Crippen molar-refractivity contribution in [2.24, 2.45) is 0 Å². The Balaban J connectivity index is 2.26. The van der Waals surface area contributed by atoms with E-state index in [0.29, 0.717) is 22.0 Å². The molecular formula is C13H8Cl3N3O2S. The minimum atomic E-state index is -1.78. The fourth-order valence-electron chi connectivity index (χ4n) is 2.02. The van der Waals surface area contributed by atoms with Crippen molar-refractivity contribution in [1.29, 1.82) is 0 Å². The van der Waals surface area contributed by atoms with Crippen LogP contribution in [0.2, 0.25) is 0 Å². The summed E-state index contributed by atoms with van der Waals surface area (Å²) in [6, 6.07) is 7.22. The SMILES string of the molecule is COc1ccccc1-c1nc2snc(C(Cl)(Cl)Cl)c2c(=O)[nH]1. The molecule has 0 amide bonds.